The van der Waals surface area contributed by atoms with Crippen LogP contribution in [0, 0.1) is 0 Å². The molecule has 178 valence electrons. The highest BCUT2D eigenvalue weighted by atomic mass is 35.5. The molecular weight excluding hydrogens is 497 g/mol. The number of halogens is 4. The van der Waals surface area contributed by atoms with Crippen molar-refractivity contribution < 1.29 is 37.3 Å². The second-order valence-electron chi connectivity index (χ2n) is 7.02. The Kier molecular flexibility index (Phi) is 6.32. The molecule has 2 aromatic heterocycles. The second kappa shape index (κ2) is 9.07. The predicted octanol–water partition coefficient (Wildman–Crippen LogP) is 6.27. The van der Waals surface area contributed by atoms with Gasteiger partial charge in [-0.15, -0.1) is 24.5 Å². The number of aromatic nitrogens is 2. The van der Waals surface area contributed by atoms with Gasteiger partial charge in [0, 0.05) is 17.7 Å². The van der Waals surface area contributed by atoms with E-state index in [9.17, 15) is 23.1 Å². The first-order valence-electron chi connectivity index (χ1n) is 9.66. The Morgan fingerprint density at radius 2 is 2.00 bits per heavy atom. The van der Waals surface area contributed by atoms with Gasteiger partial charge in [-0.25, -0.2) is 9.78 Å². The first-order valence-corrected chi connectivity index (χ1v) is 10.9. The summed E-state index contributed by atoms with van der Waals surface area (Å²) in [7, 11) is 1.22. The molecule has 2 heterocycles. The molecule has 4 rings (SSSR count). The highest BCUT2D eigenvalue weighted by Gasteiger charge is 2.31. The molecule has 0 bridgehead atoms. The normalized spacial score (nSPS) is 12.5. The number of thiophene rings is 1. The molecule has 0 spiro atoms. The van der Waals surface area contributed by atoms with Gasteiger partial charge in [-0.1, -0.05) is 23.7 Å². The van der Waals surface area contributed by atoms with Gasteiger partial charge in [0.05, 0.1) is 23.2 Å². The summed E-state index contributed by atoms with van der Waals surface area (Å²) in [5.74, 6) is -1.01. The van der Waals surface area contributed by atoms with Gasteiger partial charge in [0.15, 0.2) is 4.88 Å². The zero-order chi connectivity index (χ0) is 24.6. The zero-order valence-corrected chi connectivity index (χ0v) is 19.2. The molecule has 7 nitrogen and oxygen atoms in total. The van der Waals surface area contributed by atoms with Crippen LogP contribution in [0.1, 0.15) is 28.3 Å². The molecule has 34 heavy (non-hydrogen) atoms. The summed E-state index contributed by atoms with van der Waals surface area (Å²) in [5.41, 5.74) is 1.24. The monoisotopic (exact) mass is 512 g/mol. The van der Waals surface area contributed by atoms with Gasteiger partial charge < -0.3 is 19.3 Å². The van der Waals surface area contributed by atoms with Crippen molar-refractivity contribution in [1.29, 1.82) is 0 Å². The first-order chi connectivity index (χ1) is 16.1. The van der Waals surface area contributed by atoms with Gasteiger partial charge in [0.2, 0.25) is 0 Å². The van der Waals surface area contributed by atoms with Crippen molar-refractivity contribution in [3.63, 3.8) is 0 Å². The van der Waals surface area contributed by atoms with Crippen LogP contribution in [0.3, 0.4) is 0 Å². The van der Waals surface area contributed by atoms with Gasteiger partial charge >= 0.3 is 12.3 Å². The third-order valence-corrected chi connectivity index (χ3v) is 6.30. The minimum atomic E-state index is -4.84. The number of imidazole rings is 1. The van der Waals surface area contributed by atoms with E-state index in [1.807, 2.05) is 0 Å². The molecule has 0 aliphatic heterocycles. The van der Waals surface area contributed by atoms with E-state index in [4.69, 9.17) is 21.1 Å². The van der Waals surface area contributed by atoms with Crippen LogP contribution in [-0.4, -0.2) is 34.1 Å². The van der Waals surface area contributed by atoms with E-state index in [0.29, 0.717) is 21.6 Å². The number of rotatable bonds is 6. The number of phenols is 1. The van der Waals surface area contributed by atoms with Crippen molar-refractivity contribution in [2.45, 2.75) is 19.4 Å². The fraction of sp³-hybridized carbons (Fsp3) is 0.182. The number of carbonyl (C=O) groups excluding carboxylic acids is 1. The Hall–Kier alpha value is -3.44. The number of benzene rings is 2. The van der Waals surface area contributed by atoms with Crippen LogP contribution >= 0.6 is 22.9 Å². The molecule has 0 unspecified atom stereocenters. The smallest absolute Gasteiger partial charge is 0.506 e. The number of phenolic OH excluding ortho intramolecular Hbond substituents is 1. The summed E-state index contributed by atoms with van der Waals surface area (Å²) in [6, 6.07) is 10.0. The maximum absolute atomic E-state index is 12.7. The number of nitrogens with zero attached hydrogens (tertiary/aromatic N) is 2. The molecule has 0 aliphatic rings. The van der Waals surface area contributed by atoms with Crippen molar-refractivity contribution >= 4 is 39.9 Å². The lowest BCUT2D eigenvalue weighted by atomic mass is 10.1. The summed E-state index contributed by atoms with van der Waals surface area (Å²) in [6.07, 6.45) is -4.09. The number of aromatic hydroxyl groups is 1. The summed E-state index contributed by atoms with van der Waals surface area (Å²) < 4.78 is 54.3. The summed E-state index contributed by atoms with van der Waals surface area (Å²) in [6.45, 7) is 1.69. The highest BCUT2D eigenvalue weighted by Crippen LogP contribution is 2.39. The molecule has 0 saturated heterocycles. The molecule has 4 aromatic rings. The summed E-state index contributed by atoms with van der Waals surface area (Å²) in [5, 5.41) is 10.4. The number of esters is 1. The lowest BCUT2D eigenvalue weighted by Gasteiger charge is -2.16. The Balaban J connectivity index is 1.74. The van der Waals surface area contributed by atoms with Crippen LogP contribution in [0.2, 0.25) is 5.02 Å². The van der Waals surface area contributed by atoms with Crippen molar-refractivity contribution in [3.8, 4) is 22.2 Å². The first kappa shape index (κ1) is 23.7. The molecular formula is C22H16ClF3N2O5S. The molecule has 2 aromatic carbocycles. The van der Waals surface area contributed by atoms with E-state index in [0.717, 1.165) is 17.4 Å². The minimum Gasteiger partial charge on any atom is -0.506 e. The van der Waals surface area contributed by atoms with Crippen molar-refractivity contribution in [2.75, 3.05) is 7.11 Å². The van der Waals surface area contributed by atoms with Crippen molar-refractivity contribution in [3.05, 3.63) is 64.3 Å². The quantitative estimate of drug-likeness (QED) is 0.306. The number of carbonyl (C=O) groups is 1. The molecule has 0 aliphatic carbocycles. The van der Waals surface area contributed by atoms with Crippen LogP contribution in [0.15, 0.2) is 48.8 Å². The molecule has 0 saturated carbocycles. The predicted molar refractivity (Wildman–Crippen MR) is 119 cm³/mol. The van der Waals surface area contributed by atoms with Gasteiger partial charge in [0.1, 0.15) is 34.7 Å². The average Bonchev–Trinajstić information content (AvgIpc) is 3.37. The third kappa shape index (κ3) is 4.75. The topological polar surface area (TPSA) is 82.8 Å². The van der Waals surface area contributed by atoms with E-state index < -0.39 is 24.2 Å². The Morgan fingerprint density at radius 1 is 1.24 bits per heavy atom. The van der Waals surface area contributed by atoms with E-state index in [2.05, 4.69) is 9.72 Å². The molecule has 0 radical (unpaired) electrons. The molecule has 0 amide bonds. The highest BCUT2D eigenvalue weighted by molar-refractivity contribution is 7.16. The van der Waals surface area contributed by atoms with Crippen LogP contribution in [0.4, 0.5) is 13.2 Å². The SMILES string of the molecule is COC(=O)c1sc(-n2cnc3ccc(OC(F)(F)F)cc32)cc1O[C@H](C)c1cccc(O)c1Cl. The number of hydrogen-bond donors (Lipinski definition) is 1. The number of hydrogen-bond acceptors (Lipinski definition) is 7. The maximum Gasteiger partial charge on any atom is 0.573 e. The van der Waals surface area contributed by atoms with E-state index >= 15 is 0 Å². The fourth-order valence-corrected chi connectivity index (χ4v) is 4.54. The van der Waals surface area contributed by atoms with E-state index in [-0.39, 0.29) is 21.4 Å². The number of fused-ring (bicyclic) bond motifs is 1. The number of methoxy groups -OCH3 is 1. The van der Waals surface area contributed by atoms with Crippen LogP contribution in [-0.2, 0) is 4.74 Å². The summed E-state index contributed by atoms with van der Waals surface area (Å²) in [4.78, 5) is 16.7. The molecule has 1 N–H and O–H groups in total. The van der Waals surface area contributed by atoms with E-state index in [1.54, 1.807) is 25.1 Å². The van der Waals surface area contributed by atoms with Crippen molar-refractivity contribution in [2.24, 2.45) is 0 Å². The fourth-order valence-electron chi connectivity index (χ4n) is 3.27. The Labute approximate surface area is 199 Å². The van der Waals surface area contributed by atoms with Crippen LogP contribution < -0.4 is 9.47 Å². The minimum absolute atomic E-state index is 0.114. The lowest BCUT2D eigenvalue weighted by Crippen LogP contribution is -2.17. The maximum atomic E-state index is 12.7. The van der Waals surface area contributed by atoms with Gasteiger partial charge in [-0.2, -0.15) is 0 Å². The lowest BCUT2D eigenvalue weighted by molar-refractivity contribution is -0.274. The number of alkyl halides is 3. The zero-order valence-electron chi connectivity index (χ0n) is 17.6. The van der Waals surface area contributed by atoms with Gasteiger partial charge in [-0.3, -0.25) is 4.57 Å². The van der Waals surface area contributed by atoms with Gasteiger partial charge in [0.25, 0.3) is 0 Å². The van der Waals surface area contributed by atoms with Gasteiger partial charge in [-0.05, 0) is 25.1 Å². The van der Waals surface area contributed by atoms with Crippen molar-refractivity contribution in [1.82, 2.24) is 9.55 Å². The number of ether oxygens (including phenoxy) is 3. The summed E-state index contributed by atoms with van der Waals surface area (Å²) >= 11 is 7.18. The Bertz CT molecular complexity index is 1370. The average molecular weight is 513 g/mol. The second-order valence-corrected chi connectivity index (χ2v) is 8.43. The molecule has 0 fully saturated rings. The Morgan fingerprint density at radius 3 is 2.71 bits per heavy atom. The van der Waals surface area contributed by atoms with E-state index in [1.165, 1.54) is 36.2 Å². The molecule has 1 atom stereocenters. The third-order valence-electron chi connectivity index (χ3n) is 4.80. The largest absolute Gasteiger partial charge is 0.573 e. The molecule has 12 heteroatoms. The van der Waals surface area contributed by atoms with Crippen LogP contribution in [0.25, 0.3) is 16.0 Å². The standard InChI is InChI=1S/C22H16ClF3N2O5S/c1-11(13-4-3-5-16(29)19(13)23)32-17-9-18(34-20(17)21(30)31-2)28-10-27-14-7-6-12(8-15(14)28)33-22(24,25)26/h3-11,29H,1-2H3/t11-/m1/s1. The van der Waals surface area contributed by atoms with Crippen LogP contribution in [0.5, 0.6) is 17.2 Å².